The van der Waals surface area contributed by atoms with Crippen molar-refractivity contribution in [2.75, 3.05) is 6.61 Å². The van der Waals surface area contributed by atoms with Gasteiger partial charge in [-0.2, -0.15) is 0 Å². The maximum absolute atomic E-state index is 9.49. The minimum atomic E-state index is -0.423. The average Bonchev–Trinajstić information content (AvgIpc) is 2.82. The van der Waals surface area contributed by atoms with Crippen molar-refractivity contribution < 1.29 is 9.84 Å². The molecule has 2 rings (SSSR count). The SMILES string of the molecule is CC(O)c1cccc(OCCC2CCCC2)c1. The topological polar surface area (TPSA) is 29.5 Å². The fourth-order valence-electron chi connectivity index (χ4n) is 2.51. The molecule has 0 saturated heterocycles. The summed E-state index contributed by atoms with van der Waals surface area (Å²) in [6.07, 6.45) is 6.27. The van der Waals surface area contributed by atoms with Crippen molar-refractivity contribution in [1.82, 2.24) is 0 Å². The molecule has 2 heteroatoms. The van der Waals surface area contributed by atoms with Crippen molar-refractivity contribution >= 4 is 0 Å². The Morgan fingerprint density at radius 2 is 2.12 bits per heavy atom. The fourth-order valence-corrected chi connectivity index (χ4v) is 2.51. The highest BCUT2D eigenvalue weighted by Gasteiger charge is 2.14. The first kappa shape index (κ1) is 12.4. The van der Waals surface area contributed by atoms with E-state index in [2.05, 4.69) is 0 Å². The third-order valence-corrected chi connectivity index (χ3v) is 3.61. The van der Waals surface area contributed by atoms with Gasteiger partial charge in [0.05, 0.1) is 12.7 Å². The third kappa shape index (κ3) is 3.74. The highest BCUT2D eigenvalue weighted by Crippen LogP contribution is 2.27. The van der Waals surface area contributed by atoms with E-state index in [0.29, 0.717) is 0 Å². The van der Waals surface area contributed by atoms with Crippen molar-refractivity contribution in [2.45, 2.75) is 45.1 Å². The maximum atomic E-state index is 9.49. The summed E-state index contributed by atoms with van der Waals surface area (Å²) in [7, 11) is 0. The van der Waals surface area contributed by atoms with Crippen molar-refractivity contribution in [1.29, 1.82) is 0 Å². The molecule has 2 nitrogen and oxygen atoms in total. The van der Waals surface area contributed by atoms with E-state index in [1.54, 1.807) is 6.92 Å². The summed E-state index contributed by atoms with van der Waals surface area (Å²) in [6, 6.07) is 7.75. The molecule has 1 aromatic rings. The molecule has 1 aromatic carbocycles. The molecule has 0 bridgehead atoms. The lowest BCUT2D eigenvalue weighted by atomic mass is 10.1. The molecule has 1 N–H and O–H groups in total. The van der Waals surface area contributed by atoms with Gasteiger partial charge in [-0.3, -0.25) is 0 Å². The number of aliphatic hydroxyl groups is 1. The summed E-state index contributed by atoms with van der Waals surface area (Å²) in [5.74, 6) is 1.75. The summed E-state index contributed by atoms with van der Waals surface area (Å²) in [6.45, 7) is 2.57. The summed E-state index contributed by atoms with van der Waals surface area (Å²) in [4.78, 5) is 0. The molecular weight excluding hydrogens is 212 g/mol. The molecule has 94 valence electrons. The molecule has 17 heavy (non-hydrogen) atoms. The van der Waals surface area contributed by atoms with Crippen LogP contribution in [0, 0.1) is 5.92 Å². The second-order valence-electron chi connectivity index (χ2n) is 5.04. The van der Waals surface area contributed by atoms with Crippen LogP contribution in [-0.4, -0.2) is 11.7 Å². The van der Waals surface area contributed by atoms with Crippen LogP contribution in [-0.2, 0) is 0 Å². The number of hydrogen-bond donors (Lipinski definition) is 1. The highest BCUT2D eigenvalue weighted by molar-refractivity contribution is 5.29. The van der Waals surface area contributed by atoms with Crippen LogP contribution in [0.4, 0.5) is 0 Å². The van der Waals surface area contributed by atoms with Gasteiger partial charge < -0.3 is 9.84 Å². The van der Waals surface area contributed by atoms with E-state index >= 15 is 0 Å². The summed E-state index contributed by atoms with van der Waals surface area (Å²) in [5.41, 5.74) is 0.920. The van der Waals surface area contributed by atoms with E-state index in [-0.39, 0.29) is 0 Å². The summed E-state index contributed by atoms with van der Waals surface area (Å²) >= 11 is 0. The molecular formula is C15H22O2. The minimum absolute atomic E-state index is 0.423. The quantitative estimate of drug-likeness (QED) is 0.841. The van der Waals surface area contributed by atoms with Crippen LogP contribution in [0.2, 0.25) is 0 Å². The molecule has 1 fully saturated rings. The Balaban J connectivity index is 1.79. The molecule has 0 spiro atoms. The van der Waals surface area contributed by atoms with Crippen LogP contribution in [0.25, 0.3) is 0 Å². The molecule has 0 heterocycles. The van der Waals surface area contributed by atoms with E-state index in [9.17, 15) is 5.11 Å². The minimum Gasteiger partial charge on any atom is -0.494 e. The van der Waals surface area contributed by atoms with E-state index in [1.165, 1.54) is 32.1 Å². The highest BCUT2D eigenvalue weighted by atomic mass is 16.5. The van der Waals surface area contributed by atoms with Crippen molar-refractivity contribution in [3.8, 4) is 5.75 Å². The summed E-state index contributed by atoms with van der Waals surface area (Å²) < 4.78 is 5.75. The van der Waals surface area contributed by atoms with E-state index in [4.69, 9.17) is 4.74 Å². The van der Waals surface area contributed by atoms with Gasteiger partial charge in [0.15, 0.2) is 0 Å². The first-order valence-corrected chi connectivity index (χ1v) is 6.66. The van der Waals surface area contributed by atoms with Gasteiger partial charge in [0.1, 0.15) is 5.75 Å². The van der Waals surface area contributed by atoms with Gasteiger partial charge in [0.25, 0.3) is 0 Å². The van der Waals surface area contributed by atoms with E-state index < -0.39 is 6.10 Å². The Kier molecular flexibility index (Phi) is 4.43. The Morgan fingerprint density at radius 3 is 2.82 bits per heavy atom. The smallest absolute Gasteiger partial charge is 0.119 e. The van der Waals surface area contributed by atoms with Crippen LogP contribution in [0.5, 0.6) is 5.75 Å². The predicted octanol–water partition coefficient (Wildman–Crippen LogP) is 3.70. The number of ether oxygens (including phenoxy) is 1. The van der Waals surface area contributed by atoms with Gasteiger partial charge in [0, 0.05) is 0 Å². The zero-order valence-corrected chi connectivity index (χ0v) is 10.6. The number of hydrogen-bond acceptors (Lipinski definition) is 2. The molecule has 0 radical (unpaired) electrons. The molecule has 1 unspecified atom stereocenters. The van der Waals surface area contributed by atoms with Gasteiger partial charge >= 0.3 is 0 Å². The van der Waals surface area contributed by atoms with E-state index in [0.717, 1.165) is 23.8 Å². The zero-order valence-electron chi connectivity index (χ0n) is 10.6. The molecule has 1 aliphatic carbocycles. The van der Waals surface area contributed by atoms with Gasteiger partial charge in [-0.15, -0.1) is 0 Å². The first-order valence-electron chi connectivity index (χ1n) is 6.66. The maximum Gasteiger partial charge on any atom is 0.119 e. The van der Waals surface area contributed by atoms with Crippen LogP contribution in [0.1, 0.15) is 50.7 Å². The number of benzene rings is 1. The molecule has 0 aliphatic heterocycles. The Labute approximate surface area is 104 Å². The summed E-state index contributed by atoms with van der Waals surface area (Å²) in [5, 5.41) is 9.49. The van der Waals surface area contributed by atoms with Gasteiger partial charge in [-0.25, -0.2) is 0 Å². The second kappa shape index (κ2) is 6.06. The third-order valence-electron chi connectivity index (χ3n) is 3.61. The lowest BCUT2D eigenvalue weighted by molar-refractivity contribution is 0.198. The molecule has 1 atom stereocenters. The number of rotatable bonds is 5. The van der Waals surface area contributed by atoms with Crippen LogP contribution in [0.15, 0.2) is 24.3 Å². The van der Waals surface area contributed by atoms with Gasteiger partial charge in [-0.05, 0) is 37.0 Å². The average molecular weight is 234 g/mol. The monoisotopic (exact) mass is 234 g/mol. The van der Waals surface area contributed by atoms with Crippen LogP contribution < -0.4 is 4.74 Å². The molecule has 1 aliphatic rings. The molecule has 0 amide bonds. The zero-order chi connectivity index (χ0) is 12.1. The lowest BCUT2D eigenvalue weighted by Crippen LogP contribution is -2.04. The van der Waals surface area contributed by atoms with Crippen LogP contribution >= 0.6 is 0 Å². The van der Waals surface area contributed by atoms with Crippen molar-refractivity contribution in [3.63, 3.8) is 0 Å². The second-order valence-corrected chi connectivity index (χ2v) is 5.04. The predicted molar refractivity (Wildman–Crippen MR) is 69.1 cm³/mol. The molecule has 0 aromatic heterocycles. The lowest BCUT2D eigenvalue weighted by Gasteiger charge is -2.12. The van der Waals surface area contributed by atoms with E-state index in [1.807, 2.05) is 24.3 Å². The number of aliphatic hydroxyl groups excluding tert-OH is 1. The van der Waals surface area contributed by atoms with Crippen molar-refractivity contribution in [3.05, 3.63) is 29.8 Å². The van der Waals surface area contributed by atoms with Crippen LogP contribution in [0.3, 0.4) is 0 Å². The normalized spacial score (nSPS) is 18.2. The Morgan fingerprint density at radius 1 is 1.35 bits per heavy atom. The van der Waals surface area contributed by atoms with Gasteiger partial charge in [-0.1, -0.05) is 37.8 Å². The largest absolute Gasteiger partial charge is 0.494 e. The Hall–Kier alpha value is -1.02. The Bertz CT molecular complexity index is 341. The first-order chi connectivity index (χ1) is 8.25. The fraction of sp³-hybridized carbons (Fsp3) is 0.600. The molecule has 1 saturated carbocycles. The van der Waals surface area contributed by atoms with Gasteiger partial charge in [0.2, 0.25) is 0 Å². The standard InChI is InChI=1S/C15H22O2/c1-12(16)14-7-4-8-15(11-14)17-10-9-13-5-2-3-6-13/h4,7-8,11-13,16H,2-3,5-6,9-10H2,1H3. The van der Waals surface area contributed by atoms with Crippen molar-refractivity contribution in [2.24, 2.45) is 5.92 Å².